The first-order valence-corrected chi connectivity index (χ1v) is 11.9. The van der Waals surface area contributed by atoms with Gasteiger partial charge in [0.25, 0.3) is 5.91 Å². The molecule has 0 aliphatic carbocycles. The summed E-state index contributed by atoms with van der Waals surface area (Å²) < 4.78 is 0. The Hall–Kier alpha value is -3.19. The van der Waals surface area contributed by atoms with E-state index in [4.69, 9.17) is 0 Å². The molecule has 4 heterocycles. The number of nitrogens with one attached hydrogen (secondary N) is 2. The summed E-state index contributed by atoms with van der Waals surface area (Å²) in [6.07, 6.45) is 2.96. The molecule has 1 atom stereocenters. The zero-order chi connectivity index (χ0) is 22.6. The van der Waals surface area contributed by atoms with Crippen molar-refractivity contribution in [3.05, 3.63) is 64.7 Å². The Morgan fingerprint density at radius 3 is 2.67 bits per heavy atom. The van der Waals surface area contributed by atoms with E-state index in [1.165, 1.54) is 16.8 Å². The lowest BCUT2D eigenvalue weighted by Gasteiger charge is -2.35. The Balaban J connectivity index is 1.23. The zero-order valence-corrected chi connectivity index (χ0v) is 18.6. The van der Waals surface area contributed by atoms with Crippen molar-refractivity contribution in [1.82, 2.24) is 15.5 Å². The predicted octanol–water partition coefficient (Wildman–Crippen LogP) is 2.09. The molecule has 1 spiro atoms. The van der Waals surface area contributed by atoms with Crippen molar-refractivity contribution in [3.63, 3.8) is 0 Å². The van der Waals surface area contributed by atoms with Crippen LogP contribution in [0.4, 0.5) is 5.69 Å². The van der Waals surface area contributed by atoms with Gasteiger partial charge in [0, 0.05) is 42.7 Å². The lowest BCUT2D eigenvalue weighted by atomic mass is 9.75. The van der Waals surface area contributed by atoms with E-state index in [9.17, 15) is 14.4 Å². The molecular weight excluding hydrogens is 416 g/mol. The van der Waals surface area contributed by atoms with E-state index in [2.05, 4.69) is 45.9 Å². The van der Waals surface area contributed by atoms with Crippen molar-refractivity contribution in [2.45, 2.75) is 50.2 Å². The summed E-state index contributed by atoms with van der Waals surface area (Å²) in [6.45, 7) is 4.34. The number of hydrogen-bond donors (Lipinski definition) is 2. The van der Waals surface area contributed by atoms with Crippen molar-refractivity contribution in [3.8, 4) is 0 Å². The standard InChI is InChI=1S/C26H28N4O3/c31-23-8-7-22(24(32)28-23)30-15-18-13-17(5-6-19(18)25(30)33)14-29-16-26(9-11-27-12-10-26)20-3-1-2-4-21(20)29/h1-6,13,22,27H,7-12,14-16H2,(H,28,31,32). The first kappa shape index (κ1) is 20.4. The van der Waals surface area contributed by atoms with Gasteiger partial charge in [0.15, 0.2) is 0 Å². The number of nitrogens with zero attached hydrogens (tertiary/aromatic N) is 2. The molecule has 7 nitrogen and oxygen atoms in total. The number of carbonyl (C=O) groups is 3. The summed E-state index contributed by atoms with van der Waals surface area (Å²) in [4.78, 5) is 40.9. The highest BCUT2D eigenvalue weighted by atomic mass is 16.2. The van der Waals surface area contributed by atoms with Gasteiger partial charge in [-0.05, 0) is 61.2 Å². The molecule has 2 N–H and O–H groups in total. The van der Waals surface area contributed by atoms with Crippen LogP contribution in [-0.4, -0.2) is 48.3 Å². The third-order valence-corrected chi connectivity index (χ3v) is 7.83. The average molecular weight is 445 g/mol. The molecule has 4 aliphatic heterocycles. The van der Waals surface area contributed by atoms with E-state index in [1.807, 2.05) is 12.1 Å². The fourth-order valence-corrected chi connectivity index (χ4v) is 6.15. The predicted molar refractivity (Wildman–Crippen MR) is 124 cm³/mol. The van der Waals surface area contributed by atoms with E-state index in [0.717, 1.165) is 44.6 Å². The van der Waals surface area contributed by atoms with E-state index >= 15 is 0 Å². The molecule has 2 aromatic rings. The monoisotopic (exact) mass is 444 g/mol. The molecule has 1 unspecified atom stereocenters. The van der Waals surface area contributed by atoms with Crippen LogP contribution in [0.15, 0.2) is 42.5 Å². The molecule has 0 saturated carbocycles. The Morgan fingerprint density at radius 1 is 1.03 bits per heavy atom. The normalized spacial score (nSPS) is 23.6. The number of amides is 3. The molecule has 3 amide bonds. The minimum Gasteiger partial charge on any atom is -0.366 e. The van der Waals surface area contributed by atoms with Crippen molar-refractivity contribution >= 4 is 23.4 Å². The van der Waals surface area contributed by atoms with Crippen LogP contribution in [0.2, 0.25) is 0 Å². The second-order valence-corrected chi connectivity index (χ2v) is 9.79. The summed E-state index contributed by atoms with van der Waals surface area (Å²) in [5, 5.41) is 5.87. The van der Waals surface area contributed by atoms with Gasteiger partial charge in [-0.15, -0.1) is 0 Å². The number of anilines is 1. The smallest absolute Gasteiger partial charge is 0.255 e. The van der Waals surface area contributed by atoms with Crippen molar-refractivity contribution in [2.24, 2.45) is 0 Å². The van der Waals surface area contributed by atoms with Crippen LogP contribution in [0.25, 0.3) is 0 Å². The summed E-state index contributed by atoms with van der Waals surface area (Å²) in [5.41, 5.74) is 5.81. The summed E-state index contributed by atoms with van der Waals surface area (Å²) in [5.74, 6) is -0.750. The van der Waals surface area contributed by atoms with E-state index in [0.29, 0.717) is 18.5 Å². The molecular formula is C26H28N4O3. The number of rotatable bonds is 3. The third-order valence-electron chi connectivity index (χ3n) is 7.83. The molecule has 0 bridgehead atoms. The number of fused-ring (bicyclic) bond motifs is 3. The van der Waals surface area contributed by atoms with Gasteiger partial charge in [0.1, 0.15) is 6.04 Å². The first-order chi connectivity index (χ1) is 16.0. The van der Waals surface area contributed by atoms with Gasteiger partial charge >= 0.3 is 0 Å². The van der Waals surface area contributed by atoms with Gasteiger partial charge in [0.2, 0.25) is 11.8 Å². The molecule has 2 aromatic carbocycles. The Labute approximate surface area is 193 Å². The van der Waals surface area contributed by atoms with Gasteiger partial charge in [-0.3, -0.25) is 19.7 Å². The van der Waals surface area contributed by atoms with Crippen molar-refractivity contribution in [2.75, 3.05) is 24.5 Å². The molecule has 33 heavy (non-hydrogen) atoms. The van der Waals surface area contributed by atoms with Crippen LogP contribution in [-0.2, 0) is 28.1 Å². The number of para-hydroxylation sites is 1. The minimum atomic E-state index is -0.573. The van der Waals surface area contributed by atoms with Crippen LogP contribution in [0.3, 0.4) is 0 Å². The van der Waals surface area contributed by atoms with Crippen LogP contribution in [0.1, 0.15) is 52.7 Å². The van der Waals surface area contributed by atoms with Crippen LogP contribution in [0.5, 0.6) is 0 Å². The molecule has 2 saturated heterocycles. The van der Waals surface area contributed by atoms with E-state index in [-0.39, 0.29) is 29.6 Å². The second-order valence-electron chi connectivity index (χ2n) is 9.79. The highest BCUT2D eigenvalue weighted by molar-refractivity contribution is 6.05. The molecule has 2 fully saturated rings. The van der Waals surface area contributed by atoms with Crippen LogP contribution < -0.4 is 15.5 Å². The Kier molecular flexibility index (Phi) is 4.76. The summed E-state index contributed by atoms with van der Waals surface area (Å²) >= 11 is 0. The molecule has 6 rings (SSSR count). The third kappa shape index (κ3) is 3.33. The fraction of sp³-hybridized carbons (Fsp3) is 0.423. The maximum Gasteiger partial charge on any atom is 0.255 e. The van der Waals surface area contributed by atoms with E-state index in [1.54, 1.807) is 4.90 Å². The number of piperidine rings is 2. The molecule has 4 aliphatic rings. The summed E-state index contributed by atoms with van der Waals surface area (Å²) in [6, 6.07) is 14.3. The van der Waals surface area contributed by atoms with Gasteiger partial charge in [-0.2, -0.15) is 0 Å². The van der Waals surface area contributed by atoms with Crippen LogP contribution in [0, 0.1) is 0 Å². The topological polar surface area (TPSA) is 81.8 Å². The lowest BCUT2D eigenvalue weighted by Crippen LogP contribution is -2.52. The van der Waals surface area contributed by atoms with Gasteiger partial charge in [-0.25, -0.2) is 0 Å². The highest BCUT2D eigenvalue weighted by Gasteiger charge is 2.43. The number of benzene rings is 2. The lowest BCUT2D eigenvalue weighted by molar-refractivity contribution is -0.136. The molecule has 170 valence electrons. The largest absolute Gasteiger partial charge is 0.366 e. The second kappa shape index (κ2) is 7.70. The number of hydrogen-bond acceptors (Lipinski definition) is 5. The van der Waals surface area contributed by atoms with Crippen LogP contribution >= 0.6 is 0 Å². The molecule has 7 heteroatoms. The minimum absolute atomic E-state index is 0.119. The Bertz CT molecular complexity index is 1150. The molecule has 0 aromatic heterocycles. The first-order valence-electron chi connectivity index (χ1n) is 11.9. The quantitative estimate of drug-likeness (QED) is 0.709. The molecule has 0 radical (unpaired) electrons. The fourth-order valence-electron chi connectivity index (χ4n) is 6.15. The number of imide groups is 1. The van der Waals surface area contributed by atoms with Gasteiger partial charge in [-0.1, -0.05) is 30.3 Å². The van der Waals surface area contributed by atoms with Gasteiger partial charge in [0.05, 0.1) is 0 Å². The maximum atomic E-state index is 13.0. The van der Waals surface area contributed by atoms with Gasteiger partial charge < -0.3 is 15.1 Å². The maximum absolute atomic E-state index is 13.0. The van der Waals surface area contributed by atoms with E-state index < -0.39 is 6.04 Å². The average Bonchev–Trinajstić information content (AvgIpc) is 3.29. The van der Waals surface area contributed by atoms with Crippen molar-refractivity contribution in [1.29, 1.82) is 0 Å². The Morgan fingerprint density at radius 2 is 1.85 bits per heavy atom. The van der Waals surface area contributed by atoms with Crippen molar-refractivity contribution < 1.29 is 14.4 Å². The zero-order valence-electron chi connectivity index (χ0n) is 18.6. The highest BCUT2D eigenvalue weighted by Crippen LogP contribution is 2.46. The summed E-state index contributed by atoms with van der Waals surface area (Å²) in [7, 11) is 0. The SMILES string of the molecule is O=C1CCC(N2Cc3cc(CN4CC5(CCNCC5)c5ccccc54)ccc3C2=O)C(=O)N1. The number of carbonyl (C=O) groups excluding carboxylic acids is 3.